The van der Waals surface area contributed by atoms with Crippen molar-refractivity contribution in [2.75, 3.05) is 0 Å². The van der Waals surface area contributed by atoms with Crippen LogP contribution in [0.5, 0.6) is 0 Å². The molecule has 152 valence electrons. The molecular formula is C24H15F2N3O2. The molecule has 5 rings (SSSR count). The maximum Gasteiger partial charge on any atom is 0.191 e. The van der Waals surface area contributed by atoms with E-state index in [1.54, 1.807) is 0 Å². The summed E-state index contributed by atoms with van der Waals surface area (Å²) in [6.07, 6.45) is 3.76. The largest absolute Gasteiger partial charge is 0.289 e. The number of ketones is 2. The van der Waals surface area contributed by atoms with E-state index in [0.29, 0.717) is 35.1 Å². The Morgan fingerprint density at radius 3 is 2.52 bits per heavy atom. The van der Waals surface area contributed by atoms with Crippen molar-refractivity contribution < 1.29 is 18.4 Å². The molecule has 7 heteroatoms. The van der Waals surface area contributed by atoms with Crippen molar-refractivity contribution in [3.05, 3.63) is 94.7 Å². The quantitative estimate of drug-likeness (QED) is 0.517. The molecule has 0 saturated carbocycles. The molecule has 0 radical (unpaired) electrons. The average molecular weight is 415 g/mol. The Labute approximate surface area is 175 Å². The Morgan fingerprint density at radius 2 is 1.74 bits per heavy atom. The molecule has 0 spiro atoms. The zero-order valence-electron chi connectivity index (χ0n) is 16.2. The number of pyridine rings is 1. The third kappa shape index (κ3) is 3.24. The summed E-state index contributed by atoms with van der Waals surface area (Å²) in [7, 11) is 0. The molecular weight excluding hydrogens is 400 g/mol. The first kappa shape index (κ1) is 19.0. The van der Waals surface area contributed by atoms with E-state index in [0.717, 1.165) is 17.7 Å². The molecule has 2 aromatic carbocycles. The summed E-state index contributed by atoms with van der Waals surface area (Å²) < 4.78 is 27.1. The fourth-order valence-corrected chi connectivity index (χ4v) is 3.85. The summed E-state index contributed by atoms with van der Waals surface area (Å²) in [5.41, 5.74) is 2.68. The van der Waals surface area contributed by atoms with Gasteiger partial charge in [-0.05, 0) is 42.7 Å². The van der Waals surface area contributed by atoms with E-state index in [-0.39, 0.29) is 28.3 Å². The van der Waals surface area contributed by atoms with Crippen LogP contribution < -0.4 is 0 Å². The van der Waals surface area contributed by atoms with E-state index in [9.17, 15) is 18.4 Å². The topological polar surface area (TPSA) is 75.7 Å². The average Bonchev–Trinajstić information content (AvgIpc) is 3.21. The van der Waals surface area contributed by atoms with E-state index >= 15 is 0 Å². The molecule has 2 heterocycles. The number of hydrogen-bond donors (Lipinski definition) is 1. The van der Waals surface area contributed by atoms with Crippen LogP contribution in [0.3, 0.4) is 0 Å². The number of rotatable bonds is 4. The van der Waals surface area contributed by atoms with Gasteiger partial charge >= 0.3 is 0 Å². The highest BCUT2D eigenvalue weighted by molar-refractivity contribution is 6.29. The second kappa shape index (κ2) is 7.36. The summed E-state index contributed by atoms with van der Waals surface area (Å²) in [6.45, 7) is 0. The third-order valence-electron chi connectivity index (χ3n) is 5.40. The Balaban J connectivity index is 1.57. The number of carbonyl (C=O) groups excluding carboxylic acids is 2. The minimum atomic E-state index is -1.02. The van der Waals surface area contributed by atoms with Crippen LogP contribution in [0.4, 0.5) is 8.78 Å². The van der Waals surface area contributed by atoms with Crippen LogP contribution in [0.1, 0.15) is 32.7 Å². The predicted molar refractivity (Wildman–Crippen MR) is 111 cm³/mol. The van der Waals surface area contributed by atoms with Gasteiger partial charge in [0, 0.05) is 22.9 Å². The number of carbonyl (C=O) groups is 2. The molecule has 1 N–H and O–H groups in total. The molecule has 5 nitrogen and oxygen atoms in total. The monoisotopic (exact) mass is 415 g/mol. The van der Waals surface area contributed by atoms with Crippen molar-refractivity contribution in [1.82, 2.24) is 15.2 Å². The zero-order chi connectivity index (χ0) is 21.5. The Kier molecular flexibility index (Phi) is 4.51. The smallest absolute Gasteiger partial charge is 0.191 e. The number of nitrogens with one attached hydrogen (secondary N) is 1. The molecule has 0 saturated heterocycles. The van der Waals surface area contributed by atoms with Gasteiger partial charge in [0.25, 0.3) is 0 Å². The molecule has 0 bridgehead atoms. The molecule has 1 aliphatic carbocycles. The van der Waals surface area contributed by atoms with Crippen LogP contribution in [-0.4, -0.2) is 26.7 Å². The van der Waals surface area contributed by atoms with Crippen molar-refractivity contribution in [3.63, 3.8) is 0 Å². The maximum absolute atomic E-state index is 13.8. The van der Waals surface area contributed by atoms with Crippen LogP contribution in [-0.2, 0) is 6.42 Å². The number of halogens is 2. The van der Waals surface area contributed by atoms with Crippen molar-refractivity contribution in [1.29, 1.82) is 0 Å². The van der Waals surface area contributed by atoms with Gasteiger partial charge in [0.15, 0.2) is 28.8 Å². The number of aryl methyl sites for hydroxylation is 1. The standard InChI is InChI=1S/C24H15F2N3O2/c25-17-9-8-14(10-18(17)26)22-21-20-16(12-27-24(21)29-28-22)23(31)15(11-19(20)30)7-6-13-4-2-1-3-5-13/h1-5,8-12H,6-7H2,(H,27,28,29). The summed E-state index contributed by atoms with van der Waals surface area (Å²) in [5, 5.41) is 7.13. The molecule has 0 amide bonds. The lowest BCUT2D eigenvalue weighted by Gasteiger charge is -2.16. The van der Waals surface area contributed by atoms with Crippen LogP contribution in [0.15, 0.2) is 66.4 Å². The molecule has 31 heavy (non-hydrogen) atoms. The molecule has 1 aliphatic rings. The fourth-order valence-electron chi connectivity index (χ4n) is 3.85. The van der Waals surface area contributed by atoms with Crippen LogP contribution in [0.2, 0.25) is 0 Å². The Morgan fingerprint density at radius 1 is 0.935 bits per heavy atom. The van der Waals surface area contributed by atoms with E-state index in [1.807, 2.05) is 30.3 Å². The lowest BCUT2D eigenvalue weighted by atomic mass is 9.86. The van der Waals surface area contributed by atoms with Crippen molar-refractivity contribution in [2.45, 2.75) is 12.8 Å². The van der Waals surface area contributed by atoms with Crippen molar-refractivity contribution >= 4 is 22.6 Å². The van der Waals surface area contributed by atoms with E-state index in [2.05, 4.69) is 15.2 Å². The van der Waals surface area contributed by atoms with Gasteiger partial charge in [-0.1, -0.05) is 30.3 Å². The summed E-state index contributed by atoms with van der Waals surface area (Å²) in [6, 6.07) is 13.1. The number of hydrogen-bond acceptors (Lipinski definition) is 4. The molecule has 2 aromatic heterocycles. The number of H-pyrrole nitrogens is 1. The van der Waals surface area contributed by atoms with Gasteiger partial charge < -0.3 is 0 Å². The summed E-state index contributed by atoms with van der Waals surface area (Å²) in [4.78, 5) is 30.3. The van der Waals surface area contributed by atoms with Crippen LogP contribution in [0.25, 0.3) is 22.3 Å². The lowest BCUT2D eigenvalue weighted by Crippen LogP contribution is -2.18. The lowest BCUT2D eigenvalue weighted by molar-refractivity contribution is 0.0982. The molecule has 0 unspecified atom stereocenters. The molecule has 4 aromatic rings. The number of allylic oxidation sites excluding steroid dienone is 2. The molecule has 0 fully saturated rings. The van der Waals surface area contributed by atoms with Gasteiger partial charge in [-0.2, -0.15) is 5.10 Å². The molecule has 0 atom stereocenters. The van der Waals surface area contributed by atoms with Gasteiger partial charge in [0.1, 0.15) is 0 Å². The predicted octanol–water partition coefficient (Wildman–Crippen LogP) is 4.84. The SMILES string of the molecule is O=C1C(CCc2ccccc2)=CC(=O)c2c1cnc1n[nH]c(-c3ccc(F)c(F)c3)c21. The van der Waals surface area contributed by atoms with E-state index in [4.69, 9.17) is 0 Å². The van der Waals surface area contributed by atoms with Gasteiger partial charge in [0.2, 0.25) is 0 Å². The first-order valence-electron chi connectivity index (χ1n) is 9.69. The first-order chi connectivity index (χ1) is 15.0. The highest BCUT2D eigenvalue weighted by atomic mass is 19.2. The zero-order valence-corrected chi connectivity index (χ0v) is 16.2. The number of aromatic nitrogens is 3. The first-order valence-corrected chi connectivity index (χ1v) is 9.69. The summed E-state index contributed by atoms with van der Waals surface area (Å²) in [5.74, 6) is -2.61. The molecule has 0 aliphatic heterocycles. The number of fused-ring (bicyclic) bond motifs is 3. The van der Waals surface area contributed by atoms with Gasteiger partial charge in [-0.3, -0.25) is 14.7 Å². The van der Waals surface area contributed by atoms with Crippen molar-refractivity contribution in [2.24, 2.45) is 0 Å². The minimum absolute atomic E-state index is 0.173. The van der Waals surface area contributed by atoms with Gasteiger partial charge in [0.05, 0.1) is 16.6 Å². The Hall–Kier alpha value is -4.00. The number of aromatic amines is 1. The highest BCUT2D eigenvalue weighted by Gasteiger charge is 2.30. The number of benzene rings is 2. The third-order valence-corrected chi connectivity index (χ3v) is 5.40. The van der Waals surface area contributed by atoms with Gasteiger partial charge in [-0.25, -0.2) is 13.8 Å². The second-order valence-corrected chi connectivity index (χ2v) is 7.32. The fraction of sp³-hybridized carbons (Fsp3) is 0.0833. The van der Waals surface area contributed by atoms with Crippen LogP contribution in [0, 0.1) is 11.6 Å². The number of Topliss-reactive ketones (excluding diaryl/α,β-unsaturated/α-hetero) is 1. The minimum Gasteiger partial charge on any atom is -0.289 e. The van der Waals surface area contributed by atoms with Crippen LogP contribution >= 0.6 is 0 Å². The van der Waals surface area contributed by atoms with Gasteiger partial charge in [-0.15, -0.1) is 0 Å². The summed E-state index contributed by atoms with van der Waals surface area (Å²) >= 11 is 0. The normalized spacial score (nSPS) is 13.4. The maximum atomic E-state index is 13.8. The Bertz CT molecular complexity index is 1390. The highest BCUT2D eigenvalue weighted by Crippen LogP contribution is 2.34. The van der Waals surface area contributed by atoms with Crippen molar-refractivity contribution in [3.8, 4) is 11.3 Å². The van der Waals surface area contributed by atoms with E-state index in [1.165, 1.54) is 18.3 Å². The second-order valence-electron chi connectivity index (χ2n) is 7.32. The number of nitrogens with zero attached hydrogens (tertiary/aromatic N) is 2. The van der Waals surface area contributed by atoms with E-state index < -0.39 is 11.6 Å².